The molecule has 0 fully saturated rings. The van der Waals surface area contributed by atoms with Gasteiger partial charge in [-0.15, -0.1) is 0 Å². The maximum Gasteiger partial charge on any atom is 0.179 e. The third-order valence-electron chi connectivity index (χ3n) is 2.33. The minimum Gasteiger partial charge on any atom is -0.318 e. The topological polar surface area (TPSA) is 32.3 Å². The van der Waals surface area contributed by atoms with E-state index in [0.717, 1.165) is 13.1 Å². The van der Waals surface area contributed by atoms with Gasteiger partial charge in [0.05, 0.1) is 12.1 Å². The fourth-order valence-corrected chi connectivity index (χ4v) is 1.40. The predicted molar refractivity (Wildman–Crippen MR) is 62.2 cm³/mol. The maximum atomic E-state index is 13.3. The fourth-order valence-electron chi connectivity index (χ4n) is 1.40. The van der Waals surface area contributed by atoms with Gasteiger partial charge in [-0.05, 0) is 26.2 Å². The predicted octanol–water partition coefficient (Wildman–Crippen LogP) is 1.16. The molecule has 0 saturated heterocycles. The van der Waals surface area contributed by atoms with Gasteiger partial charge in [-0.25, -0.2) is 4.39 Å². The smallest absolute Gasteiger partial charge is 0.179 e. The van der Waals surface area contributed by atoms with Gasteiger partial charge in [0.2, 0.25) is 0 Å². The number of benzene rings is 1. The highest BCUT2D eigenvalue weighted by atomic mass is 19.1. The van der Waals surface area contributed by atoms with Crippen LogP contribution in [0.2, 0.25) is 0 Å². The first-order chi connectivity index (χ1) is 7.65. The van der Waals surface area contributed by atoms with Crippen molar-refractivity contribution in [1.29, 1.82) is 0 Å². The van der Waals surface area contributed by atoms with Gasteiger partial charge in [0.1, 0.15) is 5.82 Å². The van der Waals surface area contributed by atoms with Crippen molar-refractivity contribution in [3.05, 3.63) is 35.6 Å². The summed E-state index contributed by atoms with van der Waals surface area (Å²) in [6, 6.07) is 6.07. The highest BCUT2D eigenvalue weighted by molar-refractivity contribution is 5.97. The Labute approximate surface area is 95.3 Å². The van der Waals surface area contributed by atoms with Crippen LogP contribution in [-0.4, -0.2) is 44.4 Å². The molecule has 0 bridgehead atoms. The molecule has 1 aromatic carbocycles. The SMILES string of the molecule is CNCCN(C)CC(=O)c1ccccc1F. The summed E-state index contributed by atoms with van der Waals surface area (Å²) in [7, 11) is 3.70. The molecule has 88 valence electrons. The molecule has 1 N–H and O–H groups in total. The molecule has 3 nitrogen and oxygen atoms in total. The molecule has 0 aliphatic carbocycles. The van der Waals surface area contributed by atoms with Gasteiger partial charge in [0, 0.05) is 13.1 Å². The Balaban J connectivity index is 2.56. The summed E-state index contributed by atoms with van der Waals surface area (Å²) in [6.07, 6.45) is 0. The second-order valence-corrected chi connectivity index (χ2v) is 3.74. The van der Waals surface area contributed by atoms with Gasteiger partial charge in [0.25, 0.3) is 0 Å². The van der Waals surface area contributed by atoms with E-state index in [1.54, 1.807) is 12.1 Å². The van der Waals surface area contributed by atoms with Crippen molar-refractivity contribution in [2.24, 2.45) is 0 Å². The Morgan fingerprint density at radius 1 is 1.44 bits per heavy atom. The first-order valence-electron chi connectivity index (χ1n) is 5.26. The molecule has 0 aliphatic heterocycles. The van der Waals surface area contributed by atoms with E-state index in [9.17, 15) is 9.18 Å². The van der Waals surface area contributed by atoms with Gasteiger partial charge >= 0.3 is 0 Å². The van der Waals surface area contributed by atoms with Crippen LogP contribution in [0, 0.1) is 5.82 Å². The fraction of sp³-hybridized carbons (Fsp3) is 0.417. The largest absolute Gasteiger partial charge is 0.318 e. The lowest BCUT2D eigenvalue weighted by Gasteiger charge is -2.15. The van der Waals surface area contributed by atoms with Gasteiger partial charge in [-0.3, -0.25) is 9.69 Å². The number of likely N-dealkylation sites (N-methyl/N-ethyl adjacent to an activating group) is 2. The molecule has 0 spiro atoms. The van der Waals surface area contributed by atoms with E-state index in [-0.39, 0.29) is 17.9 Å². The van der Waals surface area contributed by atoms with Gasteiger partial charge in [-0.2, -0.15) is 0 Å². The first kappa shape index (κ1) is 12.8. The second-order valence-electron chi connectivity index (χ2n) is 3.74. The summed E-state index contributed by atoms with van der Waals surface area (Å²) in [4.78, 5) is 13.6. The monoisotopic (exact) mass is 224 g/mol. The van der Waals surface area contributed by atoms with Crippen molar-refractivity contribution in [3.8, 4) is 0 Å². The molecule has 0 radical (unpaired) electrons. The van der Waals surface area contributed by atoms with Gasteiger partial charge in [0.15, 0.2) is 5.78 Å². The highest BCUT2D eigenvalue weighted by Gasteiger charge is 2.12. The van der Waals surface area contributed by atoms with E-state index in [4.69, 9.17) is 0 Å². The summed E-state index contributed by atoms with van der Waals surface area (Å²) < 4.78 is 13.3. The molecular weight excluding hydrogens is 207 g/mol. The molecule has 0 atom stereocenters. The number of carbonyl (C=O) groups excluding carboxylic acids is 1. The number of nitrogens with zero attached hydrogens (tertiary/aromatic N) is 1. The van der Waals surface area contributed by atoms with Crippen molar-refractivity contribution >= 4 is 5.78 Å². The molecule has 0 amide bonds. The van der Waals surface area contributed by atoms with Crippen molar-refractivity contribution in [2.45, 2.75) is 0 Å². The van der Waals surface area contributed by atoms with Crippen LogP contribution in [0.5, 0.6) is 0 Å². The number of rotatable bonds is 6. The van der Waals surface area contributed by atoms with Crippen LogP contribution < -0.4 is 5.32 Å². The van der Waals surface area contributed by atoms with Crippen LogP contribution in [0.4, 0.5) is 4.39 Å². The average molecular weight is 224 g/mol. The van der Waals surface area contributed by atoms with E-state index in [1.807, 2.05) is 19.0 Å². The zero-order chi connectivity index (χ0) is 12.0. The van der Waals surface area contributed by atoms with Crippen molar-refractivity contribution in [2.75, 3.05) is 33.7 Å². The maximum absolute atomic E-state index is 13.3. The van der Waals surface area contributed by atoms with Crippen LogP contribution in [0.3, 0.4) is 0 Å². The summed E-state index contributed by atoms with van der Waals surface area (Å²) in [6.45, 7) is 1.81. The third-order valence-corrected chi connectivity index (χ3v) is 2.33. The Bertz CT molecular complexity index is 355. The number of nitrogens with one attached hydrogen (secondary N) is 1. The molecule has 16 heavy (non-hydrogen) atoms. The number of carbonyl (C=O) groups is 1. The van der Waals surface area contributed by atoms with Crippen LogP contribution in [0.1, 0.15) is 10.4 Å². The minimum atomic E-state index is -0.450. The summed E-state index contributed by atoms with van der Waals surface area (Å²) in [5.74, 6) is -0.633. The summed E-state index contributed by atoms with van der Waals surface area (Å²) >= 11 is 0. The molecule has 0 unspecified atom stereocenters. The van der Waals surface area contributed by atoms with Gasteiger partial charge < -0.3 is 5.32 Å². The standard InChI is InChI=1S/C12H17FN2O/c1-14-7-8-15(2)9-12(16)10-5-3-4-6-11(10)13/h3-6,14H,7-9H2,1-2H3. The van der Waals surface area contributed by atoms with E-state index in [1.165, 1.54) is 12.1 Å². The average Bonchev–Trinajstić information content (AvgIpc) is 2.26. The molecule has 0 saturated carbocycles. The zero-order valence-electron chi connectivity index (χ0n) is 9.66. The van der Waals surface area contributed by atoms with Crippen LogP contribution in [0.15, 0.2) is 24.3 Å². The van der Waals surface area contributed by atoms with Crippen molar-refractivity contribution in [3.63, 3.8) is 0 Å². The van der Waals surface area contributed by atoms with Crippen LogP contribution in [0.25, 0.3) is 0 Å². The molecule has 0 aliphatic rings. The quantitative estimate of drug-likeness (QED) is 0.736. The first-order valence-corrected chi connectivity index (χ1v) is 5.26. The van der Waals surface area contributed by atoms with Crippen LogP contribution in [-0.2, 0) is 0 Å². The second kappa shape index (κ2) is 6.35. The van der Waals surface area contributed by atoms with E-state index >= 15 is 0 Å². The molecule has 0 aromatic heterocycles. The third kappa shape index (κ3) is 3.72. The van der Waals surface area contributed by atoms with Crippen LogP contribution >= 0.6 is 0 Å². The number of Topliss-reactive ketones (excluding diaryl/α,β-unsaturated/α-hetero) is 1. The lowest BCUT2D eigenvalue weighted by Crippen LogP contribution is -2.32. The Morgan fingerprint density at radius 2 is 2.12 bits per heavy atom. The number of hydrogen-bond donors (Lipinski definition) is 1. The number of halogens is 1. The lowest BCUT2D eigenvalue weighted by molar-refractivity contribution is 0.0943. The van der Waals surface area contributed by atoms with Crippen molar-refractivity contribution in [1.82, 2.24) is 10.2 Å². The van der Waals surface area contributed by atoms with Gasteiger partial charge in [-0.1, -0.05) is 12.1 Å². The molecule has 4 heteroatoms. The lowest BCUT2D eigenvalue weighted by atomic mass is 10.1. The number of hydrogen-bond acceptors (Lipinski definition) is 3. The molecule has 1 rings (SSSR count). The molecular formula is C12H17FN2O. The Kier molecular flexibility index (Phi) is 5.08. The van der Waals surface area contributed by atoms with E-state index in [2.05, 4.69) is 5.32 Å². The zero-order valence-corrected chi connectivity index (χ0v) is 9.66. The Morgan fingerprint density at radius 3 is 2.75 bits per heavy atom. The summed E-state index contributed by atoms with van der Waals surface area (Å²) in [5.41, 5.74) is 0.166. The van der Waals surface area contributed by atoms with E-state index in [0.29, 0.717) is 0 Å². The van der Waals surface area contributed by atoms with E-state index < -0.39 is 5.82 Å². The summed E-state index contributed by atoms with van der Waals surface area (Å²) in [5, 5.41) is 3.00. The van der Waals surface area contributed by atoms with Crippen molar-refractivity contribution < 1.29 is 9.18 Å². The minimum absolute atomic E-state index is 0.166. The highest BCUT2D eigenvalue weighted by Crippen LogP contribution is 2.07. The Hall–Kier alpha value is -1.26. The molecule has 1 aromatic rings. The molecule has 0 heterocycles. The number of ketones is 1. The normalized spacial score (nSPS) is 10.8.